The van der Waals surface area contributed by atoms with E-state index in [4.69, 9.17) is 11.6 Å². The zero-order valence-corrected chi connectivity index (χ0v) is 24.8. The third kappa shape index (κ3) is 7.98. The largest absolute Gasteiger partial charge is 0.416 e. The maximum Gasteiger partial charge on any atom is 0.416 e. The van der Waals surface area contributed by atoms with Crippen molar-refractivity contribution in [3.63, 3.8) is 0 Å². The molecule has 13 heteroatoms. The van der Waals surface area contributed by atoms with Crippen molar-refractivity contribution in [1.82, 2.24) is 4.98 Å². The molecule has 0 radical (unpaired) electrons. The van der Waals surface area contributed by atoms with Crippen molar-refractivity contribution in [2.24, 2.45) is 0 Å². The lowest BCUT2D eigenvalue weighted by Gasteiger charge is -2.33. The number of aliphatic hydroxyl groups excluding tert-OH is 2. The van der Waals surface area contributed by atoms with E-state index in [0.29, 0.717) is 34.1 Å². The maximum atomic E-state index is 13.9. The number of aliphatic hydroxyl groups is 2. The number of likely N-dealkylation sites (N-methyl/N-ethyl adjacent to an activating group) is 1. The number of aromatic nitrogens is 1. The predicted octanol–water partition coefficient (Wildman–Crippen LogP) is 6.95. The molecule has 234 valence electrons. The zero-order chi connectivity index (χ0) is 32.5. The van der Waals surface area contributed by atoms with Gasteiger partial charge in [-0.25, -0.2) is 4.98 Å². The quantitative estimate of drug-likeness (QED) is 0.250. The van der Waals surface area contributed by atoms with Crippen molar-refractivity contribution in [1.29, 1.82) is 0 Å². The van der Waals surface area contributed by atoms with Crippen LogP contribution in [-0.4, -0.2) is 53.4 Å². The number of halogens is 7. The second-order valence-electron chi connectivity index (χ2n) is 10.9. The molecule has 1 heterocycles. The Morgan fingerprint density at radius 2 is 1.35 bits per heavy atom. The van der Waals surface area contributed by atoms with Crippen LogP contribution in [0.3, 0.4) is 0 Å². The van der Waals surface area contributed by atoms with E-state index in [2.05, 4.69) is 4.98 Å². The highest BCUT2D eigenvalue weighted by molar-refractivity contribution is 6.33. The van der Waals surface area contributed by atoms with Gasteiger partial charge in [-0.3, -0.25) is 4.79 Å². The van der Waals surface area contributed by atoms with Crippen molar-refractivity contribution in [2.45, 2.75) is 57.7 Å². The molecule has 0 saturated carbocycles. The Labute approximate surface area is 250 Å². The number of amides is 1. The molecule has 2 aromatic carbocycles. The number of alkyl halides is 6. The van der Waals surface area contributed by atoms with Gasteiger partial charge < -0.3 is 20.0 Å². The van der Waals surface area contributed by atoms with Crippen molar-refractivity contribution >= 4 is 29.0 Å². The zero-order valence-electron chi connectivity index (χ0n) is 24.1. The normalized spacial score (nSPS) is 13.9. The molecule has 1 amide bonds. The molecule has 0 aliphatic heterocycles. The van der Waals surface area contributed by atoms with E-state index in [1.54, 1.807) is 49.1 Å². The first-order chi connectivity index (χ1) is 19.7. The van der Waals surface area contributed by atoms with Gasteiger partial charge in [-0.15, -0.1) is 0 Å². The van der Waals surface area contributed by atoms with Crippen LogP contribution in [0.25, 0.3) is 11.1 Å². The molecule has 1 aromatic heterocycles. The first kappa shape index (κ1) is 34.1. The monoisotopic (exact) mass is 631 g/mol. The highest BCUT2D eigenvalue weighted by Gasteiger charge is 2.41. The van der Waals surface area contributed by atoms with Gasteiger partial charge in [0, 0.05) is 36.3 Å². The van der Waals surface area contributed by atoms with Crippen LogP contribution in [0.2, 0.25) is 5.02 Å². The molecule has 2 atom stereocenters. The standard InChI is InChI=1S/C30H32ClF6N3O3/c1-17(41)15-40(16-18(2)42)26-13-23(22-8-6-7-9-24(22)31)25(14-38-26)39(5)27(43)28(3,4)19-10-20(29(32,33)34)12-21(11-19)30(35,36)37/h6-14,17-18,41-42H,15-16H2,1-5H3. The van der Waals surface area contributed by atoms with E-state index in [1.807, 2.05) is 0 Å². The predicted molar refractivity (Wildman–Crippen MR) is 153 cm³/mol. The van der Waals surface area contributed by atoms with E-state index in [-0.39, 0.29) is 24.8 Å². The lowest BCUT2D eigenvalue weighted by atomic mass is 9.81. The minimum atomic E-state index is -5.08. The summed E-state index contributed by atoms with van der Waals surface area (Å²) in [6.45, 7) is 5.82. The molecular formula is C30H32ClF6N3O3. The van der Waals surface area contributed by atoms with Gasteiger partial charge in [0.2, 0.25) is 5.91 Å². The molecule has 3 aromatic rings. The molecule has 0 fully saturated rings. The van der Waals surface area contributed by atoms with Crippen molar-refractivity contribution in [3.8, 4) is 11.1 Å². The lowest BCUT2D eigenvalue weighted by Crippen LogP contribution is -2.42. The summed E-state index contributed by atoms with van der Waals surface area (Å²) in [6, 6.07) is 9.35. The number of nitrogens with zero attached hydrogens (tertiary/aromatic N) is 3. The summed E-state index contributed by atoms with van der Waals surface area (Å²) in [4.78, 5) is 21.1. The molecule has 0 bridgehead atoms. The number of hydrogen-bond acceptors (Lipinski definition) is 5. The first-order valence-corrected chi connectivity index (χ1v) is 13.6. The average molecular weight is 632 g/mol. The maximum absolute atomic E-state index is 13.9. The molecule has 0 aliphatic rings. The van der Waals surface area contributed by atoms with Crippen LogP contribution in [0.5, 0.6) is 0 Å². The second kappa shape index (κ2) is 12.7. The minimum Gasteiger partial charge on any atom is -0.392 e. The van der Waals surface area contributed by atoms with Crippen molar-refractivity contribution in [2.75, 3.05) is 29.9 Å². The van der Waals surface area contributed by atoms with E-state index in [1.165, 1.54) is 27.1 Å². The topological polar surface area (TPSA) is 76.9 Å². The van der Waals surface area contributed by atoms with Gasteiger partial charge in [0.1, 0.15) is 5.82 Å². The van der Waals surface area contributed by atoms with Gasteiger partial charge in [0.25, 0.3) is 0 Å². The highest BCUT2D eigenvalue weighted by Crippen LogP contribution is 2.41. The number of benzene rings is 2. The second-order valence-corrected chi connectivity index (χ2v) is 11.3. The van der Waals surface area contributed by atoms with Gasteiger partial charge >= 0.3 is 12.4 Å². The van der Waals surface area contributed by atoms with Gasteiger partial charge in [-0.1, -0.05) is 29.8 Å². The number of pyridine rings is 1. The minimum absolute atomic E-state index is 0.0121. The van der Waals surface area contributed by atoms with Crippen LogP contribution < -0.4 is 9.80 Å². The van der Waals surface area contributed by atoms with Gasteiger partial charge in [0.15, 0.2) is 0 Å². The Morgan fingerprint density at radius 1 is 0.860 bits per heavy atom. The smallest absolute Gasteiger partial charge is 0.392 e. The van der Waals surface area contributed by atoms with E-state index in [0.717, 1.165) is 4.90 Å². The Morgan fingerprint density at radius 3 is 1.81 bits per heavy atom. The van der Waals surface area contributed by atoms with Gasteiger partial charge in [0.05, 0.1) is 40.6 Å². The van der Waals surface area contributed by atoms with Crippen molar-refractivity contribution in [3.05, 3.63) is 76.4 Å². The molecular weight excluding hydrogens is 600 g/mol. The third-order valence-corrected chi connectivity index (χ3v) is 7.17. The molecule has 2 N–H and O–H groups in total. The van der Waals surface area contributed by atoms with Crippen LogP contribution in [0.1, 0.15) is 44.4 Å². The van der Waals surface area contributed by atoms with Crippen LogP contribution in [0.4, 0.5) is 37.8 Å². The summed E-state index contributed by atoms with van der Waals surface area (Å²) in [5.41, 5.74) is -4.37. The fourth-order valence-corrected chi connectivity index (χ4v) is 4.88. The average Bonchev–Trinajstić information content (AvgIpc) is 2.90. The molecule has 0 spiro atoms. The number of hydrogen-bond donors (Lipinski definition) is 2. The highest BCUT2D eigenvalue weighted by atomic mass is 35.5. The van der Waals surface area contributed by atoms with E-state index in [9.17, 15) is 41.4 Å². The summed E-state index contributed by atoms with van der Waals surface area (Å²) >= 11 is 6.49. The van der Waals surface area contributed by atoms with E-state index >= 15 is 0 Å². The number of anilines is 2. The van der Waals surface area contributed by atoms with Crippen LogP contribution >= 0.6 is 11.6 Å². The third-order valence-electron chi connectivity index (χ3n) is 6.84. The number of carbonyl (C=O) groups is 1. The molecule has 3 rings (SSSR count). The van der Waals surface area contributed by atoms with Gasteiger partial charge in [-0.05, 0) is 63.6 Å². The number of rotatable bonds is 9. The Balaban J connectivity index is 2.18. The Bertz CT molecular complexity index is 1420. The van der Waals surface area contributed by atoms with Gasteiger partial charge in [-0.2, -0.15) is 26.3 Å². The molecule has 0 saturated heterocycles. The molecule has 2 unspecified atom stereocenters. The molecule has 0 aliphatic carbocycles. The van der Waals surface area contributed by atoms with Crippen molar-refractivity contribution < 1.29 is 41.4 Å². The number of carbonyl (C=O) groups excluding carboxylic acids is 1. The molecule has 43 heavy (non-hydrogen) atoms. The first-order valence-electron chi connectivity index (χ1n) is 13.2. The summed E-state index contributed by atoms with van der Waals surface area (Å²) in [5, 5.41) is 20.3. The van der Waals surface area contributed by atoms with Crippen LogP contribution in [0.15, 0.2) is 54.7 Å². The summed E-state index contributed by atoms with van der Waals surface area (Å²) in [5.74, 6) is -0.485. The van der Waals surface area contributed by atoms with E-state index < -0.39 is 52.6 Å². The SMILES string of the molecule is CC(O)CN(CC(C)O)c1cc(-c2ccccc2Cl)c(N(C)C(=O)C(C)(C)c2cc(C(F)(F)F)cc(C(F)(F)F)c2)cn1. The van der Waals surface area contributed by atoms with Crippen LogP contribution in [0, 0.1) is 0 Å². The van der Waals surface area contributed by atoms with Crippen LogP contribution in [-0.2, 0) is 22.6 Å². The summed E-state index contributed by atoms with van der Waals surface area (Å²) < 4.78 is 81.4. The summed E-state index contributed by atoms with van der Waals surface area (Å²) in [7, 11) is 1.34. The fraction of sp³-hybridized carbons (Fsp3) is 0.400. The fourth-order valence-electron chi connectivity index (χ4n) is 4.64. The molecule has 6 nitrogen and oxygen atoms in total. The Hall–Kier alpha value is -3.35. The lowest BCUT2D eigenvalue weighted by molar-refractivity contribution is -0.143. The Kier molecular flexibility index (Phi) is 10.1. The summed E-state index contributed by atoms with van der Waals surface area (Å²) in [6.07, 6.45) is -10.4.